The molecule has 2 nitrogen and oxygen atoms in total. The Morgan fingerprint density at radius 1 is 1.25 bits per heavy atom. The van der Waals surface area contributed by atoms with Crippen molar-refractivity contribution in [3.8, 4) is 0 Å². The molecule has 0 fully saturated rings. The van der Waals surface area contributed by atoms with Gasteiger partial charge in [0.1, 0.15) is 5.82 Å². The van der Waals surface area contributed by atoms with Crippen LogP contribution in [0, 0.1) is 11.7 Å². The summed E-state index contributed by atoms with van der Waals surface area (Å²) in [7, 11) is 0. The van der Waals surface area contributed by atoms with Crippen LogP contribution < -0.4 is 5.32 Å². The van der Waals surface area contributed by atoms with Crippen molar-refractivity contribution in [2.45, 2.75) is 26.0 Å². The van der Waals surface area contributed by atoms with E-state index in [4.69, 9.17) is 0 Å². The van der Waals surface area contributed by atoms with Gasteiger partial charge in [-0.25, -0.2) is 4.39 Å². The fourth-order valence-electron chi connectivity index (χ4n) is 2.20. The van der Waals surface area contributed by atoms with Crippen molar-refractivity contribution in [1.82, 2.24) is 5.32 Å². The van der Waals surface area contributed by atoms with Crippen LogP contribution in [0.3, 0.4) is 0 Å². The number of thiophene rings is 1. The van der Waals surface area contributed by atoms with E-state index < -0.39 is 6.10 Å². The average molecular weight is 293 g/mol. The van der Waals surface area contributed by atoms with Crippen molar-refractivity contribution >= 4 is 11.3 Å². The van der Waals surface area contributed by atoms with Gasteiger partial charge in [-0.2, -0.15) is 0 Å². The third-order valence-electron chi connectivity index (χ3n) is 3.28. The van der Waals surface area contributed by atoms with Crippen LogP contribution in [-0.4, -0.2) is 11.7 Å². The second-order valence-corrected chi connectivity index (χ2v) is 6.20. The third kappa shape index (κ3) is 3.88. The lowest BCUT2D eigenvalue weighted by atomic mass is 10.0. The number of halogens is 1. The van der Waals surface area contributed by atoms with Gasteiger partial charge in [0.2, 0.25) is 0 Å². The average Bonchev–Trinajstić information content (AvgIpc) is 2.92. The zero-order chi connectivity index (χ0) is 14.5. The van der Waals surface area contributed by atoms with Crippen molar-refractivity contribution in [2.24, 2.45) is 5.92 Å². The molecule has 2 rings (SSSR count). The van der Waals surface area contributed by atoms with E-state index in [1.807, 2.05) is 6.07 Å². The summed E-state index contributed by atoms with van der Waals surface area (Å²) in [6.07, 6.45) is -0.702. The van der Waals surface area contributed by atoms with Gasteiger partial charge in [-0.05, 0) is 35.1 Å². The number of hydrogen-bond acceptors (Lipinski definition) is 3. The molecule has 20 heavy (non-hydrogen) atoms. The first-order valence-electron chi connectivity index (χ1n) is 6.78. The van der Waals surface area contributed by atoms with Crippen molar-refractivity contribution in [3.63, 3.8) is 0 Å². The molecule has 1 aromatic heterocycles. The first-order chi connectivity index (χ1) is 9.58. The highest BCUT2D eigenvalue weighted by Crippen LogP contribution is 2.26. The van der Waals surface area contributed by atoms with E-state index in [1.54, 1.807) is 23.5 Å². The Balaban J connectivity index is 1.99. The topological polar surface area (TPSA) is 32.3 Å². The molecular weight excluding hydrogens is 273 g/mol. The monoisotopic (exact) mass is 293 g/mol. The van der Waals surface area contributed by atoms with E-state index in [0.717, 1.165) is 0 Å². The van der Waals surface area contributed by atoms with E-state index in [2.05, 4.69) is 30.6 Å². The van der Waals surface area contributed by atoms with Crippen molar-refractivity contribution in [2.75, 3.05) is 6.54 Å². The molecule has 1 heterocycles. The highest BCUT2D eigenvalue weighted by molar-refractivity contribution is 7.10. The lowest BCUT2D eigenvalue weighted by Gasteiger charge is -2.23. The lowest BCUT2D eigenvalue weighted by molar-refractivity contribution is 0.165. The van der Waals surface area contributed by atoms with Crippen molar-refractivity contribution < 1.29 is 9.50 Å². The summed E-state index contributed by atoms with van der Waals surface area (Å²) >= 11 is 1.71. The van der Waals surface area contributed by atoms with Gasteiger partial charge in [-0.1, -0.05) is 32.0 Å². The van der Waals surface area contributed by atoms with Gasteiger partial charge in [0, 0.05) is 17.5 Å². The first-order valence-corrected chi connectivity index (χ1v) is 7.66. The Labute approximate surface area is 123 Å². The maximum Gasteiger partial charge on any atom is 0.123 e. The van der Waals surface area contributed by atoms with Crippen LogP contribution in [0.2, 0.25) is 0 Å². The number of rotatable bonds is 6. The molecule has 2 aromatic rings. The zero-order valence-electron chi connectivity index (χ0n) is 11.7. The van der Waals surface area contributed by atoms with E-state index in [1.165, 1.54) is 17.0 Å². The van der Waals surface area contributed by atoms with Gasteiger partial charge in [0.05, 0.1) is 6.10 Å². The maximum absolute atomic E-state index is 13.1. The molecule has 0 saturated heterocycles. The fourth-order valence-corrected chi connectivity index (χ4v) is 3.18. The van der Waals surface area contributed by atoms with Crippen molar-refractivity contribution in [1.29, 1.82) is 0 Å². The van der Waals surface area contributed by atoms with Crippen molar-refractivity contribution in [3.05, 3.63) is 58.0 Å². The molecule has 0 aliphatic rings. The SMILES string of the molecule is CC(C)C(NCC(O)c1cccc(F)c1)c1cccs1. The number of aliphatic hydroxyl groups is 1. The van der Waals surface area contributed by atoms with E-state index >= 15 is 0 Å². The minimum atomic E-state index is -0.702. The Bertz CT molecular complexity index is 527. The van der Waals surface area contributed by atoms with Crippen LogP contribution in [0.4, 0.5) is 4.39 Å². The fraction of sp³-hybridized carbons (Fsp3) is 0.375. The van der Waals surface area contributed by atoms with E-state index in [9.17, 15) is 9.50 Å². The highest BCUT2D eigenvalue weighted by atomic mass is 32.1. The van der Waals surface area contributed by atoms with Crippen LogP contribution in [0.5, 0.6) is 0 Å². The largest absolute Gasteiger partial charge is 0.387 e. The molecule has 108 valence electrons. The quantitative estimate of drug-likeness (QED) is 0.846. The summed E-state index contributed by atoms with van der Waals surface area (Å²) in [6, 6.07) is 10.4. The van der Waals surface area contributed by atoms with Gasteiger partial charge in [0.15, 0.2) is 0 Å². The summed E-state index contributed by atoms with van der Waals surface area (Å²) in [5.41, 5.74) is 0.603. The van der Waals surface area contributed by atoms with E-state index in [-0.39, 0.29) is 11.9 Å². The number of nitrogens with one attached hydrogen (secondary N) is 1. The van der Waals surface area contributed by atoms with Crippen LogP contribution in [-0.2, 0) is 0 Å². The smallest absolute Gasteiger partial charge is 0.123 e. The molecule has 0 bridgehead atoms. The predicted molar refractivity (Wildman–Crippen MR) is 81.3 cm³/mol. The summed E-state index contributed by atoms with van der Waals surface area (Å²) in [6.45, 7) is 4.70. The molecule has 2 atom stereocenters. The minimum Gasteiger partial charge on any atom is -0.387 e. The van der Waals surface area contributed by atoms with Gasteiger partial charge in [-0.3, -0.25) is 0 Å². The molecule has 4 heteroatoms. The molecule has 0 aliphatic heterocycles. The lowest BCUT2D eigenvalue weighted by Crippen LogP contribution is -2.29. The van der Waals surface area contributed by atoms with Gasteiger partial charge in [-0.15, -0.1) is 11.3 Å². The minimum absolute atomic E-state index is 0.207. The summed E-state index contributed by atoms with van der Waals surface area (Å²) < 4.78 is 13.1. The maximum atomic E-state index is 13.1. The summed E-state index contributed by atoms with van der Waals surface area (Å²) in [5, 5.41) is 15.6. The van der Waals surface area contributed by atoms with Crippen LogP contribution in [0.25, 0.3) is 0 Å². The molecule has 2 unspecified atom stereocenters. The Morgan fingerprint density at radius 3 is 2.65 bits per heavy atom. The van der Waals surface area contributed by atoms with Gasteiger partial charge < -0.3 is 10.4 Å². The third-order valence-corrected chi connectivity index (χ3v) is 4.24. The molecule has 0 radical (unpaired) electrons. The molecule has 1 aromatic carbocycles. The second kappa shape index (κ2) is 6.97. The molecule has 0 saturated carbocycles. The Kier molecular flexibility index (Phi) is 5.29. The second-order valence-electron chi connectivity index (χ2n) is 5.22. The molecular formula is C16H20FNOS. The Hall–Kier alpha value is -1.23. The molecule has 0 spiro atoms. The van der Waals surface area contributed by atoms with Crippen LogP contribution in [0.15, 0.2) is 41.8 Å². The first kappa shape index (κ1) is 15.2. The van der Waals surface area contributed by atoms with E-state index in [0.29, 0.717) is 18.0 Å². The summed E-state index contributed by atoms with van der Waals surface area (Å²) in [5.74, 6) is 0.105. The Morgan fingerprint density at radius 2 is 2.05 bits per heavy atom. The molecule has 2 N–H and O–H groups in total. The summed E-state index contributed by atoms with van der Waals surface area (Å²) in [4.78, 5) is 1.26. The number of aliphatic hydroxyl groups excluding tert-OH is 1. The number of hydrogen-bond donors (Lipinski definition) is 2. The molecule has 0 amide bonds. The zero-order valence-corrected chi connectivity index (χ0v) is 12.5. The van der Waals surface area contributed by atoms with Crippen LogP contribution >= 0.6 is 11.3 Å². The van der Waals surface area contributed by atoms with Gasteiger partial charge in [0.25, 0.3) is 0 Å². The van der Waals surface area contributed by atoms with Crippen LogP contribution in [0.1, 0.15) is 36.4 Å². The molecule has 0 aliphatic carbocycles. The standard InChI is InChI=1S/C16H20FNOS/c1-11(2)16(15-7-4-8-20-15)18-10-14(19)12-5-3-6-13(17)9-12/h3-9,11,14,16,18-19H,10H2,1-2H3. The normalized spacial score (nSPS) is 14.4. The predicted octanol–water partition coefficient (Wildman–Crippen LogP) is 3.91. The van der Waals surface area contributed by atoms with Gasteiger partial charge >= 0.3 is 0 Å². The highest BCUT2D eigenvalue weighted by Gasteiger charge is 2.18. The number of benzene rings is 1.